The Labute approximate surface area is 197 Å². The molecule has 0 saturated carbocycles. The van der Waals surface area contributed by atoms with Crippen molar-refractivity contribution in [2.24, 2.45) is 0 Å². The van der Waals surface area contributed by atoms with E-state index in [1.807, 2.05) is 48.5 Å². The number of nitrogens with zero attached hydrogens (tertiary/aromatic N) is 1. The Kier molecular flexibility index (Phi) is 7.41. The topological polar surface area (TPSA) is 111 Å². The van der Waals surface area contributed by atoms with Gasteiger partial charge in [0.1, 0.15) is 12.4 Å². The summed E-state index contributed by atoms with van der Waals surface area (Å²) in [5.74, 6) is 0.220. The predicted octanol–water partition coefficient (Wildman–Crippen LogP) is 3.76. The molecule has 2 amide bonds. The van der Waals surface area contributed by atoms with Crippen molar-refractivity contribution in [1.29, 1.82) is 0 Å². The molecule has 1 unspecified atom stereocenters. The molecule has 1 aliphatic heterocycles. The Hall–Kier alpha value is -3.88. The van der Waals surface area contributed by atoms with E-state index in [4.69, 9.17) is 9.94 Å². The van der Waals surface area contributed by atoms with Crippen molar-refractivity contribution in [3.05, 3.63) is 83.4 Å². The van der Waals surface area contributed by atoms with Gasteiger partial charge in [-0.2, -0.15) is 0 Å². The summed E-state index contributed by atoms with van der Waals surface area (Å²) < 4.78 is 6.20. The van der Waals surface area contributed by atoms with Crippen molar-refractivity contribution in [3.63, 3.8) is 0 Å². The third-order valence-electron chi connectivity index (χ3n) is 5.88. The van der Waals surface area contributed by atoms with Crippen LogP contribution in [0, 0.1) is 0 Å². The van der Waals surface area contributed by atoms with Crippen LogP contribution >= 0.6 is 0 Å². The summed E-state index contributed by atoms with van der Waals surface area (Å²) in [6, 6.07) is 20.9. The number of rotatable bonds is 8. The Morgan fingerprint density at radius 3 is 2.56 bits per heavy atom. The molecule has 0 aromatic heterocycles. The molecule has 0 bridgehead atoms. The Balaban J connectivity index is 1.50. The highest BCUT2D eigenvalue weighted by atomic mass is 16.5. The first-order valence-electron chi connectivity index (χ1n) is 11.1. The van der Waals surface area contributed by atoms with Gasteiger partial charge < -0.3 is 20.1 Å². The average Bonchev–Trinajstić information content (AvgIpc) is 3.35. The van der Waals surface area contributed by atoms with Gasteiger partial charge in [-0.3, -0.25) is 10.0 Å². The highest BCUT2D eigenvalue weighted by Gasteiger charge is 2.25. The standard InChI is InChI=1S/C26H27N3O5/c30-25(28-33)21-10-8-18(9-11-21)14-19(15-27-22-12-13-29(16-22)26(31)32)17-34-24-7-3-5-20-4-1-2-6-23(20)24/h1-11,14,22,27,33H,12-13,15-17H2,(H,28,30)(H,31,32)/b19-14+. The molecule has 1 heterocycles. The Morgan fingerprint density at radius 2 is 1.82 bits per heavy atom. The van der Waals surface area contributed by atoms with E-state index in [2.05, 4.69) is 5.32 Å². The van der Waals surface area contributed by atoms with Crippen molar-refractivity contribution in [1.82, 2.24) is 15.7 Å². The fourth-order valence-electron chi connectivity index (χ4n) is 4.04. The number of amides is 2. The lowest BCUT2D eigenvalue weighted by Crippen LogP contribution is -2.36. The molecule has 0 aliphatic carbocycles. The molecule has 176 valence electrons. The van der Waals surface area contributed by atoms with Crippen molar-refractivity contribution < 1.29 is 24.6 Å². The summed E-state index contributed by atoms with van der Waals surface area (Å²) in [6.07, 6.45) is 1.85. The fourth-order valence-corrected chi connectivity index (χ4v) is 4.04. The lowest BCUT2D eigenvalue weighted by molar-refractivity contribution is 0.0706. The van der Waals surface area contributed by atoms with Gasteiger partial charge in [-0.25, -0.2) is 10.3 Å². The molecule has 4 N–H and O–H groups in total. The maximum absolute atomic E-state index is 11.6. The smallest absolute Gasteiger partial charge is 0.407 e. The van der Waals surface area contributed by atoms with Gasteiger partial charge >= 0.3 is 6.09 Å². The first-order chi connectivity index (χ1) is 16.5. The number of hydroxylamine groups is 1. The first-order valence-corrected chi connectivity index (χ1v) is 11.1. The third kappa shape index (κ3) is 5.72. The van der Waals surface area contributed by atoms with E-state index in [1.54, 1.807) is 29.7 Å². The number of hydrogen-bond acceptors (Lipinski definition) is 5. The number of carbonyl (C=O) groups excluding carboxylic acids is 1. The second-order valence-corrected chi connectivity index (χ2v) is 8.23. The number of benzene rings is 3. The predicted molar refractivity (Wildman–Crippen MR) is 129 cm³/mol. The molecule has 1 saturated heterocycles. The summed E-state index contributed by atoms with van der Waals surface area (Å²) in [5.41, 5.74) is 3.83. The number of carbonyl (C=O) groups is 2. The molecule has 0 spiro atoms. The molecule has 1 atom stereocenters. The molecule has 8 nitrogen and oxygen atoms in total. The van der Waals surface area contributed by atoms with Gasteiger partial charge in [0.25, 0.3) is 5.91 Å². The number of hydrogen-bond donors (Lipinski definition) is 4. The van der Waals surface area contributed by atoms with Gasteiger partial charge in [-0.15, -0.1) is 0 Å². The molecule has 4 rings (SSSR count). The second-order valence-electron chi connectivity index (χ2n) is 8.23. The van der Waals surface area contributed by atoms with Crippen LogP contribution in [0.15, 0.2) is 72.3 Å². The van der Waals surface area contributed by atoms with Crippen LogP contribution < -0.4 is 15.5 Å². The van der Waals surface area contributed by atoms with Crippen molar-refractivity contribution >= 4 is 28.8 Å². The average molecular weight is 462 g/mol. The summed E-state index contributed by atoms with van der Waals surface area (Å²) in [4.78, 5) is 24.2. The summed E-state index contributed by atoms with van der Waals surface area (Å²) in [6.45, 7) is 1.85. The summed E-state index contributed by atoms with van der Waals surface area (Å²) >= 11 is 0. The molecule has 3 aromatic carbocycles. The fraction of sp³-hybridized carbons (Fsp3) is 0.231. The number of fused-ring (bicyclic) bond motifs is 1. The van der Waals surface area contributed by atoms with Crippen LogP contribution in [0.25, 0.3) is 16.8 Å². The first kappa shape index (κ1) is 23.3. The maximum atomic E-state index is 11.6. The quantitative estimate of drug-likeness (QED) is 0.300. The zero-order valence-electron chi connectivity index (χ0n) is 18.6. The third-order valence-corrected chi connectivity index (χ3v) is 5.88. The van der Waals surface area contributed by atoms with E-state index < -0.39 is 12.0 Å². The minimum Gasteiger partial charge on any atom is -0.489 e. The van der Waals surface area contributed by atoms with E-state index in [9.17, 15) is 14.7 Å². The maximum Gasteiger partial charge on any atom is 0.407 e. The minimum absolute atomic E-state index is 0.0766. The molecular weight excluding hydrogens is 434 g/mol. The molecule has 1 fully saturated rings. The summed E-state index contributed by atoms with van der Waals surface area (Å²) in [7, 11) is 0. The highest BCUT2D eigenvalue weighted by molar-refractivity contribution is 5.93. The van der Waals surface area contributed by atoms with Crippen LogP contribution in [0.2, 0.25) is 0 Å². The van der Waals surface area contributed by atoms with E-state index >= 15 is 0 Å². The Bertz CT molecular complexity index is 1190. The van der Waals surface area contributed by atoms with E-state index in [-0.39, 0.29) is 6.04 Å². The summed E-state index contributed by atoms with van der Waals surface area (Å²) in [5, 5.41) is 23.6. The molecular formula is C26H27N3O5. The largest absolute Gasteiger partial charge is 0.489 e. The molecule has 0 radical (unpaired) electrons. The zero-order chi connectivity index (χ0) is 23.9. The highest BCUT2D eigenvalue weighted by Crippen LogP contribution is 2.25. The normalized spacial score (nSPS) is 16.0. The van der Waals surface area contributed by atoms with Gasteiger partial charge in [-0.1, -0.05) is 54.6 Å². The van der Waals surface area contributed by atoms with Gasteiger partial charge in [0.05, 0.1) is 0 Å². The Morgan fingerprint density at radius 1 is 1.06 bits per heavy atom. The SMILES string of the molecule is O=C(NO)c1ccc(/C=C(\CNC2CCN(C(=O)O)C2)COc2cccc3ccccc23)cc1. The van der Waals surface area contributed by atoms with Crippen LogP contribution in [-0.2, 0) is 0 Å². The van der Waals surface area contributed by atoms with Gasteiger partial charge in [0, 0.05) is 36.6 Å². The number of ether oxygens (including phenoxy) is 1. The van der Waals surface area contributed by atoms with Crippen LogP contribution in [0.5, 0.6) is 5.75 Å². The van der Waals surface area contributed by atoms with Crippen LogP contribution in [0.4, 0.5) is 4.79 Å². The number of nitrogens with one attached hydrogen (secondary N) is 2. The molecule has 3 aromatic rings. The van der Waals surface area contributed by atoms with Gasteiger partial charge in [-0.05, 0) is 41.1 Å². The van der Waals surface area contributed by atoms with Crippen LogP contribution in [-0.4, -0.2) is 59.5 Å². The second kappa shape index (κ2) is 10.8. The van der Waals surface area contributed by atoms with Crippen LogP contribution in [0.3, 0.4) is 0 Å². The van der Waals surface area contributed by atoms with Crippen molar-refractivity contribution in [3.8, 4) is 5.75 Å². The van der Waals surface area contributed by atoms with E-state index in [0.717, 1.165) is 34.1 Å². The lowest BCUT2D eigenvalue weighted by atomic mass is 10.1. The number of likely N-dealkylation sites (tertiary alicyclic amines) is 1. The molecule has 8 heteroatoms. The number of carboxylic acid groups (broad SMARTS) is 1. The van der Waals surface area contributed by atoms with Crippen molar-refractivity contribution in [2.75, 3.05) is 26.2 Å². The van der Waals surface area contributed by atoms with Gasteiger partial charge in [0.2, 0.25) is 0 Å². The zero-order valence-corrected chi connectivity index (χ0v) is 18.6. The van der Waals surface area contributed by atoms with Gasteiger partial charge in [0.15, 0.2) is 0 Å². The molecule has 1 aliphatic rings. The minimum atomic E-state index is -0.897. The van der Waals surface area contributed by atoms with Crippen LogP contribution in [0.1, 0.15) is 22.3 Å². The lowest BCUT2D eigenvalue weighted by Gasteiger charge is -2.17. The van der Waals surface area contributed by atoms with E-state index in [0.29, 0.717) is 31.8 Å². The monoisotopic (exact) mass is 461 g/mol. The molecule has 34 heavy (non-hydrogen) atoms. The van der Waals surface area contributed by atoms with E-state index in [1.165, 1.54) is 4.90 Å². The van der Waals surface area contributed by atoms with Crippen molar-refractivity contribution in [2.45, 2.75) is 12.5 Å².